The van der Waals surface area contributed by atoms with Crippen LogP contribution in [0.4, 0.5) is 0 Å². The van der Waals surface area contributed by atoms with Crippen LogP contribution in [0.3, 0.4) is 0 Å². The molecule has 0 spiro atoms. The zero-order valence-corrected chi connectivity index (χ0v) is 6.65. The lowest BCUT2D eigenvalue weighted by Crippen LogP contribution is -2.15. The number of thiol groups is 1. The lowest BCUT2D eigenvalue weighted by Gasteiger charge is -2.00. The molecule has 1 unspecified atom stereocenters. The first-order valence-corrected chi connectivity index (χ1v) is 3.17. The molecule has 0 radical (unpaired) electrons. The number of nitrogens with zero attached hydrogens (tertiary/aromatic N) is 1. The fourth-order valence-electron chi connectivity index (χ4n) is 0.261. The van der Waals surface area contributed by atoms with Gasteiger partial charge in [0.25, 0.3) is 0 Å². The number of nitro groups is 1. The second-order valence-electron chi connectivity index (χ2n) is 1.66. The maximum atomic E-state index is 10.1. The summed E-state index contributed by atoms with van der Waals surface area (Å²) in [5, 5.41) is 9.40. The number of hydrogen-bond donors (Lipinski definition) is 1. The van der Waals surface area contributed by atoms with E-state index in [0.717, 1.165) is 12.3 Å². The van der Waals surface area contributed by atoms with Gasteiger partial charge in [-0.15, -0.1) is 12.6 Å². The van der Waals surface area contributed by atoms with Crippen molar-refractivity contribution in [1.82, 2.24) is 0 Å². The van der Waals surface area contributed by atoms with Crippen molar-refractivity contribution in [3.8, 4) is 0 Å². The predicted molar refractivity (Wildman–Crippen MR) is 40.7 cm³/mol. The molecule has 0 fully saturated rings. The first kappa shape index (κ1) is 9.96. The molecule has 11 heavy (non-hydrogen) atoms. The van der Waals surface area contributed by atoms with Gasteiger partial charge in [0, 0.05) is 13.0 Å². The summed E-state index contributed by atoms with van der Waals surface area (Å²) in [5.41, 5.74) is 0. The Balaban J connectivity index is 3.70. The van der Waals surface area contributed by atoms with E-state index in [1.54, 1.807) is 0 Å². The number of rotatable bonds is 4. The Labute approximate surface area is 68.6 Å². The average molecular weight is 177 g/mol. The van der Waals surface area contributed by atoms with E-state index in [4.69, 9.17) is 0 Å². The molecular weight excluding hydrogens is 170 g/mol. The first-order chi connectivity index (χ1) is 5.04. The van der Waals surface area contributed by atoms with E-state index < -0.39 is 16.3 Å². The molecule has 0 saturated heterocycles. The fraction of sp³-hybridized carbons (Fsp3) is 0.400. The van der Waals surface area contributed by atoms with E-state index in [9.17, 15) is 14.9 Å². The number of ether oxygens (including phenoxy) is 1. The van der Waals surface area contributed by atoms with Crippen LogP contribution < -0.4 is 0 Å². The van der Waals surface area contributed by atoms with Crippen molar-refractivity contribution in [3.63, 3.8) is 0 Å². The van der Waals surface area contributed by atoms with Crippen LogP contribution in [-0.4, -0.2) is 16.3 Å². The summed E-state index contributed by atoms with van der Waals surface area (Å²) < 4.78 is 4.46. The van der Waals surface area contributed by atoms with Crippen molar-refractivity contribution in [2.24, 2.45) is 0 Å². The van der Waals surface area contributed by atoms with Crippen molar-refractivity contribution in [1.29, 1.82) is 0 Å². The standard InChI is InChI=1S/C5H7NO4S/c1-4(6(8)9)10-3-2-5(7)11/h2-4H,1H3,(H,7,11). The molecule has 5 nitrogen and oxygen atoms in total. The summed E-state index contributed by atoms with van der Waals surface area (Å²) in [6, 6.07) is 0. The van der Waals surface area contributed by atoms with Crippen molar-refractivity contribution >= 4 is 17.7 Å². The van der Waals surface area contributed by atoms with Gasteiger partial charge in [-0.05, 0) is 0 Å². The fourth-order valence-corrected chi connectivity index (χ4v) is 0.322. The Kier molecular flexibility index (Phi) is 4.28. The van der Waals surface area contributed by atoms with Gasteiger partial charge in [-0.25, -0.2) is 0 Å². The van der Waals surface area contributed by atoms with Crippen LogP contribution in [0.15, 0.2) is 12.3 Å². The third kappa shape index (κ3) is 5.41. The van der Waals surface area contributed by atoms with Crippen LogP contribution >= 0.6 is 12.6 Å². The van der Waals surface area contributed by atoms with E-state index in [0.29, 0.717) is 0 Å². The zero-order valence-electron chi connectivity index (χ0n) is 5.76. The van der Waals surface area contributed by atoms with E-state index in [1.807, 2.05) is 0 Å². The normalized spacial score (nSPS) is 12.9. The van der Waals surface area contributed by atoms with Gasteiger partial charge in [-0.3, -0.25) is 14.9 Å². The summed E-state index contributed by atoms with van der Waals surface area (Å²) in [4.78, 5) is 19.4. The van der Waals surface area contributed by atoms with E-state index in [-0.39, 0.29) is 0 Å². The van der Waals surface area contributed by atoms with Crippen LogP contribution in [0.5, 0.6) is 0 Å². The largest absolute Gasteiger partial charge is 0.438 e. The third-order valence-corrected chi connectivity index (χ3v) is 0.932. The summed E-state index contributed by atoms with van der Waals surface area (Å²) in [5.74, 6) is 0. The predicted octanol–water partition coefficient (Wildman–Crippen LogP) is 0.596. The quantitative estimate of drug-likeness (QED) is 0.170. The van der Waals surface area contributed by atoms with Gasteiger partial charge >= 0.3 is 6.23 Å². The molecule has 0 aromatic heterocycles. The van der Waals surface area contributed by atoms with Crippen LogP contribution in [0.25, 0.3) is 0 Å². The van der Waals surface area contributed by atoms with Gasteiger partial charge in [-0.2, -0.15) is 0 Å². The highest BCUT2D eigenvalue weighted by Gasteiger charge is 2.09. The molecular formula is C5H7NO4S. The first-order valence-electron chi connectivity index (χ1n) is 2.72. The van der Waals surface area contributed by atoms with Gasteiger partial charge in [0.15, 0.2) is 0 Å². The molecule has 0 aromatic carbocycles. The molecule has 0 aliphatic heterocycles. The van der Waals surface area contributed by atoms with Crippen molar-refractivity contribution < 1.29 is 14.5 Å². The van der Waals surface area contributed by atoms with E-state index in [2.05, 4.69) is 17.4 Å². The maximum Gasteiger partial charge on any atom is 0.350 e. The summed E-state index contributed by atoms with van der Waals surface area (Å²) >= 11 is 3.38. The number of carbonyl (C=O) groups is 1. The van der Waals surface area contributed by atoms with E-state index in [1.165, 1.54) is 6.92 Å². The molecule has 0 bridgehead atoms. The second kappa shape index (κ2) is 4.73. The lowest BCUT2D eigenvalue weighted by atomic mass is 10.6. The molecule has 1 atom stereocenters. The molecule has 0 saturated carbocycles. The van der Waals surface area contributed by atoms with Crippen molar-refractivity contribution in [2.45, 2.75) is 13.2 Å². The lowest BCUT2D eigenvalue weighted by molar-refractivity contribution is -0.564. The Morgan fingerprint density at radius 2 is 2.36 bits per heavy atom. The molecule has 0 heterocycles. The molecule has 0 aliphatic carbocycles. The van der Waals surface area contributed by atoms with Crippen LogP contribution in [0.2, 0.25) is 0 Å². The van der Waals surface area contributed by atoms with Crippen molar-refractivity contribution in [2.75, 3.05) is 0 Å². The Morgan fingerprint density at radius 3 is 2.73 bits per heavy atom. The summed E-state index contributed by atoms with van der Waals surface area (Å²) in [6.45, 7) is 1.26. The van der Waals surface area contributed by atoms with Gasteiger partial charge < -0.3 is 4.74 Å². The Hall–Kier alpha value is -1.04. The maximum absolute atomic E-state index is 10.1. The molecule has 0 N–H and O–H groups in total. The number of carbonyl (C=O) groups excluding carboxylic acids is 1. The van der Waals surface area contributed by atoms with Gasteiger partial charge in [0.2, 0.25) is 5.12 Å². The van der Waals surface area contributed by atoms with Crippen LogP contribution in [-0.2, 0) is 9.53 Å². The highest BCUT2D eigenvalue weighted by molar-refractivity contribution is 7.97. The molecule has 0 amide bonds. The Morgan fingerprint density at radius 1 is 1.82 bits per heavy atom. The molecule has 0 aromatic rings. The Bertz CT molecular complexity index is 191. The minimum absolute atomic E-state index is 0.513. The minimum atomic E-state index is -1.14. The van der Waals surface area contributed by atoms with Gasteiger partial charge in [0.1, 0.15) is 0 Å². The molecule has 0 aliphatic rings. The molecule has 6 heteroatoms. The highest BCUT2D eigenvalue weighted by atomic mass is 32.1. The summed E-state index contributed by atoms with van der Waals surface area (Å²) in [6.07, 6.45) is 0.797. The zero-order chi connectivity index (χ0) is 8.85. The summed E-state index contributed by atoms with van der Waals surface area (Å²) in [7, 11) is 0. The topological polar surface area (TPSA) is 69.4 Å². The minimum Gasteiger partial charge on any atom is -0.438 e. The SMILES string of the molecule is CC(OC=CC(=O)S)[N+](=O)[O-]. The second-order valence-corrected chi connectivity index (χ2v) is 2.10. The third-order valence-electron chi connectivity index (χ3n) is 0.783. The van der Waals surface area contributed by atoms with Gasteiger partial charge in [-0.1, -0.05) is 0 Å². The monoisotopic (exact) mass is 177 g/mol. The average Bonchev–Trinajstić information content (AvgIpc) is 1.86. The van der Waals surface area contributed by atoms with Crippen molar-refractivity contribution in [3.05, 3.63) is 22.5 Å². The van der Waals surface area contributed by atoms with Crippen LogP contribution in [0.1, 0.15) is 6.92 Å². The van der Waals surface area contributed by atoms with Crippen LogP contribution in [0, 0.1) is 10.1 Å². The van der Waals surface area contributed by atoms with Gasteiger partial charge in [0.05, 0.1) is 11.2 Å². The number of hydrogen-bond acceptors (Lipinski definition) is 4. The molecule has 0 rings (SSSR count). The smallest absolute Gasteiger partial charge is 0.350 e. The van der Waals surface area contributed by atoms with E-state index >= 15 is 0 Å². The highest BCUT2D eigenvalue weighted by Crippen LogP contribution is 1.92. The molecule has 62 valence electrons.